The van der Waals surface area contributed by atoms with Gasteiger partial charge >= 0.3 is 5.97 Å². The Bertz CT molecular complexity index is 627. The Morgan fingerprint density at radius 1 is 1.25 bits per heavy atom. The van der Waals surface area contributed by atoms with Crippen molar-refractivity contribution in [3.05, 3.63) is 23.5 Å². The molecule has 0 atom stereocenters. The number of carboxylic acids is 1. The third-order valence-corrected chi connectivity index (χ3v) is 4.21. The molecule has 1 saturated heterocycles. The lowest BCUT2D eigenvalue weighted by atomic mass is 9.80. The van der Waals surface area contributed by atoms with E-state index in [0.29, 0.717) is 13.2 Å². The summed E-state index contributed by atoms with van der Waals surface area (Å²) in [6.45, 7) is 0.526. The number of hydrogen-bond acceptors (Lipinski definition) is 5. The molecule has 24 heavy (non-hydrogen) atoms. The van der Waals surface area contributed by atoms with E-state index in [-0.39, 0.29) is 36.4 Å². The molecule has 1 aliphatic heterocycles. The molecule has 0 aromatic heterocycles. The third kappa shape index (κ3) is 3.59. The van der Waals surface area contributed by atoms with Gasteiger partial charge in [0.25, 0.3) is 5.91 Å². The van der Waals surface area contributed by atoms with Crippen LogP contribution in [0.3, 0.4) is 0 Å². The SMILES string of the molecule is COc1cc(F)c(C(=O)NCC2(C(=O)O)CCOCC2)cc1OC. The first kappa shape index (κ1) is 18.0. The van der Waals surface area contributed by atoms with E-state index in [9.17, 15) is 19.1 Å². The molecule has 1 aromatic carbocycles. The van der Waals surface area contributed by atoms with Crippen LogP contribution < -0.4 is 14.8 Å². The molecule has 0 unspecified atom stereocenters. The molecular formula is C16H20FNO6. The van der Waals surface area contributed by atoms with Gasteiger partial charge in [-0.3, -0.25) is 9.59 Å². The predicted molar refractivity (Wildman–Crippen MR) is 82.0 cm³/mol. The number of halogens is 1. The monoisotopic (exact) mass is 341 g/mol. The highest BCUT2D eigenvalue weighted by Crippen LogP contribution is 2.32. The fourth-order valence-corrected chi connectivity index (χ4v) is 2.60. The minimum absolute atomic E-state index is 0.0989. The fourth-order valence-electron chi connectivity index (χ4n) is 2.60. The zero-order valence-corrected chi connectivity index (χ0v) is 13.6. The summed E-state index contributed by atoms with van der Waals surface area (Å²) in [5.41, 5.74) is -1.33. The minimum atomic E-state index is -1.10. The van der Waals surface area contributed by atoms with Crippen LogP contribution in [0.25, 0.3) is 0 Å². The predicted octanol–water partition coefficient (Wildman–Crippen LogP) is 1.45. The van der Waals surface area contributed by atoms with Gasteiger partial charge in [0.1, 0.15) is 5.82 Å². The second-order valence-electron chi connectivity index (χ2n) is 5.57. The number of ether oxygens (including phenoxy) is 3. The van der Waals surface area contributed by atoms with Crippen molar-refractivity contribution in [3.8, 4) is 11.5 Å². The molecular weight excluding hydrogens is 321 g/mol. The number of methoxy groups -OCH3 is 2. The van der Waals surface area contributed by atoms with Gasteiger partial charge in [-0.2, -0.15) is 0 Å². The Labute approximate surface area is 138 Å². The second kappa shape index (κ2) is 7.48. The quantitative estimate of drug-likeness (QED) is 0.813. The zero-order valence-electron chi connectivity index (χ0n) is 13.6. The summed E-state index contributed by atoms with van der Waals surface area (Å²) in [5.74, 6) is -2.11. The number of nitrogens with one attached hydrogen (secondary N) is 1. The molecule has 0 aliphatic carbocycles. The minimum Gasteiger partial charge on any atom is -0.493 e. The van der Waals surface area contributed by atoms with Crippen LogP contribution in [0.1, 0.15) is 23.2 Å². The van der Waals surface area contributed by atoms with E-state index >= 15 is 0 Å². The standard InChI is InChI=1S/C16H20FNO6/c1-22-12-7-10(11(17)8-13(12)23-2)14(19)18-9-16(15(20)21)3-5-24-6-4-16/h7-8H,3-6,9H2,1-2H3,(H,18,19)(H,20,21). The van der Waals surface area contributed by atoms with Gasteiger partial charge in [0.2, 0.25) is 0 Å². The van der Waals surface area contributed by atoms with Crippen LogP contribution in [0.5, 0.6) is 11.5 Å². The molecule has 1 amide bonds. The fraction of sp³-hybridized carbons (Fsp3) is 0.500. The first-order valence-corrected chi connectivity index (χ1v) is 7.44. The van der Waals surface area contributed by atoms with E-state index in [4.69, 9.17) is 14.2 Å². The number of carbonyl (C=O) groups excluding carboxylic acids is 1. The van der Waals surface area contributed by atoms with Crippen LogP contribution in [-0.4, -0.2) is 51.0 Å². The van der Waals surface area contributed by atoms with E-state index < -0.39 is 23.1 Å². The van der Waals surface area contributed by atoms with Crippen molar-refractivity contribution in [1.82, 2.24) is 5.32 Å². The van der Waals surface area contributed by atoms with Gasteiger partial charge < -0.3 is 24.6 Å². The molecule has 0 spiro atoms. The van der Waals surface area contributed by atoms with Crippen molar-refractivity contribution < 1.29 is 33.3 Å². The summed E-state index contributed by atoms with van der Waals surface area (Å²) in [5, 5.41) is 12.0. The first-order valence-electron chi connectivity index (χ1n) is 7.44. The van der Waals surface area contributed by atoms with Crippen LogP contribution in [0.4, 0.5) is 4.39 Å². The van der Waals surface area contributed by atoms with Crippen LogP contribution >= 0.6 is 0 Å². The number of aliphatic carboxylic acids is 1. The number of carbonyl (C=O) groups is 2. The summed E-state index contributed by atoms with van der Waals surface area (Å²) in [4.78, 5) is 23.8. The summed E-state index contributed by atoms with van der Waals surface area (Å²) >= 11 is 0. The van der Waals surface area contributed by atoms with Crippen molar-refractivity contribution in [2.75, 3.05) is 34.0 Å². The van der Waals surface area contributed by atoms with E-state index in [2.05, 4.69) is 5.32 Å². The van der Waals surface area contributed by atoms with Gasteiger partial charge in [-0.25, -0.2) is 4.39 Å². The van der Waals surface area contributed by atoms with Gasteiger partial charge in [-0.1, -0.05) is 0 Å². The van der Waals surface area contributed by atoms with Crippen molar-refractivity contribution in [3.63, 3.8) is 0 Å². The number of benzene rings is 1. The maximum absolute atomic E-state index is 14.1. The van der Waals surface area contributed by atoms with Crippen LogP contribution in [-0.2, 0) is 9.53 Å². The summed E-state index contributed by atoms with van der Waals surface area (Å²) in [6.07, 6.45) is 0.577. The summed E-state index contributed by atoms with van der Waals surface area (Å²) < 4.78 is 29.3. The Hall–Kier alpha value is -2.35. The number of hydrogen-bond donors (Lipinski definition) is 2. The van der Waals surface area contributed by atoms with Crippen molar-refractivity contribution in [1.29, 1.82) is 0 Å². The Morgan fingerprint density at radius 2 is 1.83 bits per heavy atom. The molecule has 0 radical (unpaired) electrons. The average Bonchev–Trinajstić information content (AvgIpc) is 2.60. The lowest BCUT2D eigenvalue weighted by Crippen LogP contribution is -2.46. The van der Waals surface area contributed by atoms with Crippen LogP contribution in [0.2, 0.25) is 0 Å². The highest BCUT2D eigenvalue weighted by atomic mass is 19.1. The van der Waals surface area contributed by atoms with Gasteiger partial charge in [0.05, 0.1) is 25.2 Å². The Balaban J connectivity index is 2.16. The molecule has 7 nitrogen and oxygen atoms in total. The van der Waals surface area contributed by atoms with Gasteiger partial charge in [0.15, 0.2) is 11.5 Å². The van der Waals surface area contributed by atoms with Crippen LogP contribution in [0, 0.1) is 11.2 Å². The van der Waals surface area contributed by atoms with E-state index in [1.165, 1.54) is 20.3 Å². The average molecular weight is 341 g/mol. The summed E-state index contributed by atoms with van der Waals surface area (Å²) in [7, 11) is 2.73. The van der Waals surface area contributed by atoms with Gasteiger partial charge in [-0.05, 0) is 18.9 Å². The molecule has 0 saturated carbocycles. The van der Waals surface area contributed by atoms with Crippen molar-refractivity contribution in [2.45, 2.75) is 12.8 Å². The van der Waals surface area contributed by atoms with Gasteiger partial charge in [0, 0.05) is 25.8 Å². The molecule has 1 heterocycles. The van der Waals surface area contributed by atoms with Crippen LogP contribution in [0.15, 0.2) is 12.1 Å². The number of amides is 1. The highest BCUT2D eigenvalue weighted by Gasteiger charge is 2.40. The summed E-state index contributed by atoms with van der Waals surface area (Å²) in [6, 6.07) is 2.27. The smallest absolute Gasteiger partial charge is 0.311 e. The molecule has 1 fully saturated rings. The number of rotatable bonds is 6. The largest absolute Gasteiger partial charge is 0.493 e. The third-order valence-electron chi connectivity index (χ3n) is 4.21. The number of carboxylic acid groups (broad SMARTS) is 1. The van der Waals surface area contributed by atoms with E-state index in [1.54, 1.807) is 0 Å². The lowest BCUT2D eigenvalue weighted by molar-refractivity contribution is -0.154. The van der Waals surface area contributed by atoms with Crippen molar-refractivity contribution in [2.24, 2.45) is 5.41 Å². The molecule has 0 bridgehead atoms. The lowest BCUT2D eigenvalue weighted by Gasteiger charge is -2.33. The Kier molecular flexibility index (Phi) is 5.61. The maximum Gasteiger partial charge on any atom is 0.311 e. The first-order chi connectivity index (χ1) is 11.4. The van der Waals surface area contributed by atoms with Gasteiger partial charge in [-0.15, -0.1) is 0 Å². The second-order valence-corrected chi connectivity index (χ2v) is 5.57. The normalized spacial score (nSPS) is 16.3. The Morgan fingerprint density at radius 3 is 2.38 bits per heavy atom. The molecule has 1 aromatic rings. The maximum atomic E-state index is 14.1. The van der Waals surface area contributed by atoms with E-state index in [0.717, 1.165) is 6.07 Å². The topological polar surface area (TPSA) is 94.1 Å². The molecule has 132 valence electrons. The molecule has 2 N–H and O–H groups in total. The zero-order chi connectivity index (χ0) is 17.7. The molecule has 2 rings (SSSR count). The highest BCUT2D eigenvalue weighted by molar-refractivity contribution is 5.95. The molecule has 1 aliphatic rings. The molecule has 8 heteroatoms. The van der Waals surface area contributed by atoms with E-state index in [1.807, 2.05) is 0 Å². The van der Waals surface area contributed by atoms with Crippen molar-refractivity contribution >= 4 is 11.9 Å².